The van der Waals surface area contributed by atoms with Crippen LogP contribution in [-0.2, 0) is 7.05 Å². The maximum Gasteiger partial charge on any atom is 0.408 e. The lowest BCUT2D eigenvalue weighted by Crippen LogP contribution is -2.34. The van der Waals surface area contributed by atoms with Crippen LogP contribution in [-0.4, -0.2) is 26.6 Å². The maximum atomic E-state index is 13.6. The fourth-order valence-electron chi connectivity index (χ4n) is 2.10. The van der Waals surface area contributed by atoms with E-state index < -0.39 is 12.2 Å². The van der Waals surface area contributed by atoms with Gasteiger partial charge in [0.05, 0.1) is 6.20 Å². The van der Waals surface area contributed by atoms with Crippen LogP contribution in [0.25, 0.3) is 0 Å². The molecule has 130 valence electrons. The summed E-state index contributed by atoms with van der Waals surface area (Å²) in [6.07, 6.45) is -1.98. The van der Waals surface area contributed by atoms with Gasteiger partial charge in [0.1, 0.15) is 11.1 Å². The highest BCUT2D eigenvalue weighted by Gasteiger charge is 2.45. The first-order valence-electron chi connectivity index (χ1n) is 7.02. The van der Waals surface area contributed by atoms with E-state index in [1.807, 2.05) is 0 Å². The topological polar surface area (TPSA) is 38.1 Å². The van der Waals surface area contributed by atoms with E-state index in [9.17, 15) is 18.0 Å². The number of aryl methyl sites for hydroxylation is 1. The minimum absolute atomic E-state index is 0.0890. The number of halogens is 4. The number of alkyl halides is 3. The van der Waals surface area contributed by atoms with Gasteiger partial charge in [-0.15, -0.1) is 0 Å². The molecule has 24 heavy (non-hydrogen) atoms. The molecule has 0 N–H and O–H groups in total. The molecule has 0 spiro atoms. The SMILES string of the molecule is CCN(Sc1cn(C)c(=O)cn1)[C@H](c1ccc(Cl)cc1)C(F)(F)F. The Balaban J connectivity index is 2.36. The van der Waals surface area contributed by atoms with Gasteiger partial charge in [0.2, 0.25) is 0 Å². The molecule has 0 amide bonds. The van der Waals surface area contributed by atoms with Crippen molar-refractivity contribution in [3.63, 3.8) is 0 Å². The summed E-state index contributed by atoms with van der Waals surface area (Å²) in [5, 5.41) is 0.678. The Bertz CT molecular complexity index is 749. The summed E-state index contributed by atoms with van der Waals surface area (Å²) >= 11 is 6.62. The van der Waals surface area contributed by atoms with Gasteiger partial charge in [-0.2, -0.15) is 13.2 Å². The van der Waals surface area contributed by atoms with Crippen LogP contribution < -0.4 is 5.56 Å². The minimum atomic E-state index is -4.47. The van der Waals surface area contributed by atoms with E-state index >= 15 is 0 Å². The van der Waals surface area contributed by atoms with E-state index in [1.54, 1.807) is 6.92 Å². The van der Waals surface area contributed by atoms with Crippen molar-refractivity contribution >= 4 is 23.5 Å². The summed E-state index contributed by atoms with van der Waals surface area (Å²) in [6, 6.07) is 3.76. The van der Waals surface area contributed by atoms with E-state index in [0.717, 1.165) is 18.1 Å². The van der Waals surface area contributed by atoms with Crippen molar-refractivity contribution in [1.82, 2.24) is 13.9 Å². The molecule has 0 unspecified atom stereocenters. The monoisotopic (exact) mass is 377 g/mol. The second-order valence-corrected chi connectivity index (χ2v) is 6.50. The predicted molar refractivity (Wildman–Crippen MR) is 88.0 cm³/mol. The van der Waals surface area contributed by atoms with Gasteiger partial charge in [-0.25, -0.2) is 9.29 Å². The van der Waals surface area contributed by atoms with E-state index in [4.69, 9.17) is 11.6 Å². The number of benzene rings is 1. The van der Waals surface area contributed by atoms with Gasteiger partial charge in [0.15, 0.2) is 0 Å². The Morgan fingerprint density at radius 2 is 1.96 bits per heavy atom. The van der Waals surface area contributed by atoms with Crippen LogP contribution in [0.15, 0.2) is 46.5 Å². The summed E-state index contributed by atoms with van der Waals surface area (Å²) in [6.45, 7) is 1.76. The number of hydrogen-bond donors (Lipinski definition) is 0. The molecule has 1 aromatic heterocycles. The van der Waals surface area contributed by atoms with Gasteiger partial charge in [0.25, 0.3) is 5.56 Å². The first-order chi connectivity index (χ1) is 11.2. The molecule has 0 radical (unpaired) electrons. The first-order valence-corrected chi connectivity index (χ1v) is 8.17. The molecule has 2 rings (SSSR count). The fourth-order valence-corrected chi connectivity index (χ4v) is 3.25. The van der Waals surface area contributed by atoms with Crippen molar-refractivity contribution < 1.29 is 13.2 Å². The van der Waals surface area contributed by atoms with Crippen LogP contribution in [0.1, 0.15) is 18.5 Å². The van der Waals surface area contributed by atoms with Gasteiger partial charge < -0.3 is 4.57 Å². The van der Waals surface area contributed by atoms with Gasteiger partial charge in [-0.1, -0.05) is 30.7 Å². The quantitative estimate of drug-likeness (QED) is 0.736. The Hall–Kier alpha value is -1.51. The van der Waals surface area contributed by atoms with E-state index in [-0.39, 0.29) is 17.7 Å². The fraction of sp³-hybridized carbons (Fsp3) is 0.333. The molecule has 0 saturated carbocycles. The Morgan fingerprint density at radius 1 is 1.33 bits per heavy atom. The molecule has 0 aliphatic rings. The summed E-state index contributed by atoms with van der Waals surface area (Å²) in [7, 11) is 1.52. The van der Waals surface area contributed by atoms with Crippen LogP contribution in [0.5, 0.6) is 0 Å². The third kappa shape index (κ3) is 4.52. The molecular formula is C15H15ClF3N3OS. The molecule has 1 atom stereocenters. The van der Waals surface area contributed by atoms with Crippen molar-refractivity contribution in [1.29, 1.82) is 0 Å². The molecule has 9 heteroatoms. The van der Waals surface area contributed by atoms with Gasteiger partial charge in [-0.05, 0) is 29.6 Å². The van der Waals surface area contributed by atoms with E-state index in [1.165, 1.54) is 46.4 Å². The molecule has 0 aliphatic carbocycles. The third-order valence-electron chi connectivity index (χ3n) is 3.26. The molecule has 0 aliphatic heterocycles. The number of rotatable bonds is 5. The highest BCUT2D eigenvalue weighted by atomic mass is 35.5. The molecule has 1 aromatic carbocycles. The molecular weight excluding hydrogens is 363 g/mol. The number of hydrogen-bond acceptors (Lipinski definition) is 4. The second-order valence-electron chi connectivity index (χ2n) is 4.99. The Labute approximate surface area is 146 Å². The Morgan fingerprint density at radius 3 is 2.46 bits per heavy atom. The van der Waals surface area contributed by atoms with Gasteiger partial charge >= 0.3 is 6.18 Å². The normalized spacial score (nSPS) is 13.3. The van der Waals surface area contributed by atoms with Gasteiger partial charge in [0, 0.05) is 24.8 Å². The summed E-state index contributed by atoms with van der Waals surface area (Å²) < 4.78 is 43.3. The second kappa shape index (κ2) is 7.58. The van der Waals surface area contributed by atoms with Crippen LogP contribution in [0, 0.1) is 0 Å². The molecule has 0 bridgehead atoms. The largest absolute Gasteiger partial charge is 0.408 e. The van der Waals surface area contributed by atoms with Crippen molar-refractivity contribution in [2.45, 2.75) is 24.2 Å². The van der Waals surface area contributed by atoms with Crippen molar-refractivity contribution in [3.8, 4) is 0 Å². The van der Waals surface area contributed by atoms with Crippen LogP contribution in [0.4, 0.5) is 13.2 Å². The van der Waals surface area contributed by atoms with Crippen molar-refractivity contribution in [3.05, 3.63) is 57.6 Å². The van der Waals surface area contributed by atoms with Crippen molar-refractivity contribution in [2.75, 3.05) is 6.54 Å². The molecule has 4 nitrogen and oxygen atoms in total. The number of nitrogens with zero attached hydrogens (tertiary/aromatic N) is 3. The standard InChI is InChI=1S/C15H15ClF3N3OS/c1-3-22(24-12-9-21(2)13(23)8-20-12)14(15(17,18)19)10-4-6-11(16)7-5-10/h4-9,14H,3H2,1-2H3/t14-/m1/s1. The zero-order chi connectivity index (χ0) is 17.9. The highest BCUT2D eigenvalue weighted by Crippen LogP contribution is 2.42. The summed E-state index contributed by atoms with van der Waals surface area (Å²) in [4.78, 5) is 15.3. The van der Waals surface area contributed by atoms with Crippen LogP contribution in [0.3, 0.4) is 0 Å². The molecule has 2 aromatic rings. The lowest BCUT2D eigenvalue weighted by Gasteiger charge is -2.31. The molecule has 0 fully saturated rings. The van der Waals surface area contributed by atoms with Crippen LogP contribution >= 0.6 is 23.5 Å². The Kier molecular flexibility index (Phi) is 5.95. The zero-order valence-electron chi connectivity index (χ0n) is 12.9. The van der Waals surface area contributed by atoms with Gasteiger partial charge in [-0.3, -0.25) is 4.79 Å². The van der Waals surface area contributed by atoms with Crippen LogP contribution in [0.2, 0.25) is 5.02 Å². The third-order valence-corrected chi connectivity index (χ3v) is 4.61. The number of aromatic nitrogens is 2. The van der Waals surface area contributed by atoms with E-state index in [2.05, 4.69) is 4.98 Å². The van der Waals surface area contributed by atoms with Crippen molar-refractivity contribution in [2.24, 2.45) is 7.05 Å². The smallest absolute Gasteiger partial charge is 0.315 e. The molecule has 1 heterocycles. The first kappa shape index (κ1) is 18.8. The average molecular weight is 378 g/mol. The summed E-state index contributed by atoms with van der Waals surface area (Å²) in [5.41, 5.74) is -0.237. The maximum absolute atomic E-state index is 13.6. The zero-order valence-corrected chi connectivity index (χ0v) is 14.5. The summed E-state index contributed by atoms with van der Waals surface area (Å²) in [5.74, 6) is 0. The highest BCUT2D eigenvalue weighted by molar-refractivity contribution is 7.97. The predicted octanol–water partition coefficient (Wildman–Crippen LogP) is 4.07. The molecule has 0 saturated heterocycles. The lowest BCUT2D eigenvalue weighted by atomic mass is 10.1. The van der Waals surface area contributed by atoms with E-state index in [0.29, 0.717) is 10.0 Å². The lowest BCUT2D eigenvalue weighted by molar-refractivity contribution is -0.172. The minimum Gasteiger partial charge on any atom is -0.315 e. The average Bonchev–Trinajstić information content (AvgIpc) is 2.50.